The van der Waals surface area contributed by atoms with Crippen LogP contribution in [-0.4, -0.2) is 21.0 Å². The van der Waals surface area contributed by atoms with Crippen LogP contribution in [0.5, 0.6) is 0 Å². The van der Waals surface area contributed by atoms with Crippen molar-refractivity contribution in [1.82, 2.24) is 9.97 Å². The Hall–Kier alpha value is -2.15. The Bertz CT molecular complexity index is 631. The first-order valence-electron chi connectivity index (χ1n) is 5.78. The molecule has 0 unspecified atom stereocenters. The first-order chi connectivity index (χ1) is 9.60. The fraction of sp³-hybridized carbons (Fsp3) is 0.154. The number of hydrogen-bond acceptors (Lipinski definition) is 5. The Balaban J connectivity index is 2.19. The van der Waals surface area contributed by atoms with Gasteiger partial charge >= 0.3 is 0 Å². The molecule has 2 rings (SSSR count). The maximum Gasteiger partial charge on any atom is 0.187 e. The lowest BCUT2D eigenvalue weighted by Gasteiger charge is -2.07. The second-order valence-electron chi connectivity index (χ2n) is 4.12. The third kappa shape index (κ3) is 3.45. The number of thioether (sulfide) groups is 1. The summed E-state index contributed by atoms with van der Waals surface area (Å²) in [7, 11) is 0. The summed E-state index contributed by atoms with van der Waals surface area (Å²) in [5, 5.41) is 12.3. The lowest BCUT2D eigenvalue weighted by atomic mass is 10.1. The molecule has 1 aromatic heterocycles. The topological polar surface area (TPSA) is 84.4 Å². The quantitative estimate of drug-likeness (QED) is 0.226. The molecule has 0 atom stereocenters. The Morgan fingerprint density at radius 2 is 2.10 bits per heavy atom. The van der Waals surface area contributed by atoms with Crippen molar-refractivity contribution in [2.45, 2.75) is 17.8 Å². The van der Waals surface area contributed by atoms with E-state index in [2.05, 4.69) is 15.1 Å². The van der Waals surface area contributed by atoms with Crippen LogP contribution in [0.4, 0.5) is 4.39 Å². The average molecular weight is 292 g/mol. The van der Waals surface area contributed by atoms with Gasteiger partial charge in [-0.1, -0.05) is 23.0 Å². The molecule has 1 aromatic carbocycles. The summed E-state index contributed by atoms with van der Waals surface area (Å²) in [5.41, 5.74) is 7.64. The van der Waals surface area contributed by atoms with Crippen molar-refractivity contribution >= 4 is 17.6 Å². The zero-order valence-corrected chi connectivity index (χ0v) is 11.6. The van der Waals surface area contributed by atoms with Crippen molar-refractivity contribution in [2.75, 3.05) is 0 Å². The molecular formula is C13H13FN4OS. The Morgan fingerprint density at radius 1 is 1.40 bits per heavy atom. The molecule has 0 spiro atoms. The van der Waals surface area contributed by atoms with Gasteiger partial charge in [0.2, 0.25) is 0 Å². The summed E-state index contributed by atoms with van der Waals surface area (Å²) in [5.74, 6) is -0.0635. The van der Waals surface area contributed by atoms with Crippen LogP contribution in [0.15, 0.2) is 40.9 Å². The highest BCUT2D eigenvalue weighted by atomic mass is 32.2. The number of halogens is 1. The molecule has 0 saturated carbocycles. The SMILES string of the molecule is Cc1cnc(SCc2ccc(F)cc2C(N)=NO)nc1. The highest BCUT2D eigenvalue weighted by Gasteiger charge is 2.10. The molecule has 0 amide bonds. The summed E-state index contributed by atoms with van der Waals surface area (Å²) in [4.78, 5) is 8.34. The van der Waals surface area contributed by atoms with Crippen LogP contribution in [0.25, 0.3) is 0 Å². The molecule has 3 N–H and O–H groups in total. The molecule has 0 fully saturated rings. The van der Waals surface area contributed by atoms with Gasteiger partial charge in [-0.2, -0.15) is 0 Å². The van der Waals surface area contributed by atoms with Crippen molar-refractivity contribution in [3.05, 3.63) is 53.1 Å². The number of aromatic nitrogens is 2. The number of benzene rings is 1. The van der Waals surface area contributed by atoms with E-state index in [4.69, 9.17) is 10.9 Å². The standard InChI is InChI=1S/C13H13FN4OS/c1-8-5-16-13(17-6-8)20-7-9-2-3-10(14)4-11(9)12(15)18-19/h2-6,19H,7H2,1H3,(H2,15,18). The van der Waals surface area contributed by atoms with E-state index in [0.29, 0.717) is 16.5 Å². The molecule has 2 aromatic rings. The number of nitrogens with two attached hydrogens (primary N) is 1. The average Bonchev–Trinajstić information content (AvgIpc) is 2.46. The smallest absolute Gasteiger partial charge is 0.187 e. The van der Waals surface area contributed by atoms with Crippen LogP contribution in [0.1, 0.15) is 16.7 Å². The van der Waals surface area contributed by atoms with Crippen molar-refractivity contribution in [3.8, 4) is 0 Å². The second kappa shape index (κ2) is 6.33. The predicted molar refractivity (Wildman–Crippen MR) is 75.2 cm³/mol. The van der Waals surface area contributed by atoms with Gasteiger partial charge in [0.25, 0.3) is 0 Å². The molecule has 0 saturated heterocycles. The van der Waals surface area contributed by atoms with E-state index in [1.54, 1.807) is 18.5 Å². The molecule has 0 radical (unpaired) electrons. The second-order valence-corrected chi connectivity index (χ2v) is 5.06. The number of rotatable bonds is 4. The van der Waals surface area contributed by atoms with E-state index in [9.17, 15) is 4.39 Å². The molecule has 20 heavy (non-hydrogen) atoms. The molecule has 1 heterocycles. The summed E-state index contributed by atoms with van der Waals surface area (Å²) in [6.45, 7) is 1.91. The predicted octanol–water partition coefficient (Wildman–Crippen LogP) is 2.31. The van der Waals surface area contributed by atoms with Gasteiger partial charge in [-0.15, -0.1) is 0 Å². The maximum absolute atomic E-state index is 13.2. The molecular weight excluding hydrogens is 279 g/mol. The number of amidine groups is 1. The van der Waals surface area contributed by atoms with Crippen molar-refractivity contribution in [2.24, 2.45) is 10.9 Å². The van der Waals surface area contributed by atoms with Gasteiger partial charge in [-0.05, 0) is 30.2 Å². The third-order valence-electron chi connectivity index (χ3n) is 2.57. The van der Waals surface area contributed by atoms with Crippen LogP contribution in [0.2, 0.25) is 0 Å². The van der Waals surface area contributed by atoms with Crippen molar-refractivity contribution in [1.29, 1.82) is 0 Å². The molecule has 0 bridgehead atoms. The van der Waals surface area contributed by atoms with Crippen molar-refractivity contribution in [3.63, 3.8) is 0 Å². The summed E-state index contributed by atoms with van der Waals surface area (Å²) in [6, 6.07) is 4.17. The van der Waals surface area contributed by atoms with Gasteiger partial charge in [-0.3, -0.25) is 0 Å². The van der Waals surface area contributed by atoms with E-state index < -0.39 is 5.82 Å². The summed E-state index contributed by atoms with van der Waals surface area (Å²) in [6.07, 6.45) is 3.45. The zero-order valence-electron chi connectivity index (χ0n) is 10.7. The Kier molecular flexibility index (Phi) is 4.52. The monoisotopic (exact) mass is 292 g/mol. The lowest BCUT2D eigenvalue weighted by molar-refractivity contribution is 0.318. The Morgan fingerprint density at radius 3 is 2.75 bits per heavy atom. The maximum atomic E-state index is 13.2. The van der Waals surface area contributed by atoms with E-state index >= 15 is 0 Å². The van der Waals surface area contributed by atoms with E-state index in [0.717, 1.165) is 11.1 Å². The van der Waals surface area contributed by atoms with Gasteiger partial charge in [-0.25, -0.2) is 14.4 Å². The molecule has 7 heteroatoms. The molecule has 0 aliphatic heterocycles. The largest absolute Gasteiger partial charge is 0.409 e. The van der Waals surface area contributed by atoms with Gasteiger partial charge < -0.3 is 10.9 Å². The highest BCUT2D eigenvalue weighted by molar-refractivity contribution is 7.98. The first kappa shape index (κ1) is 14.3. The van der Waals surface area contributed by atoms with Crippen LogP contribution in [-0.2, 0) is 5.75 Å². The van der Waals surface area contributed by atoms with Gasteiger partial charge in [0.15, 0.2) is 11.0 Å². The minimum atomic E-state index is -0.438. The minimum Gasteiger partial charge on any atom is -0.409 e. The lowest BCUT2D eigenvalue weighted by Crippen LogP contribution is -2.15. The number of nitrogens with zero attached hydrogens (tertiary/aromatic N) is 3. The van der Waals surface area contributed by atoms with E-state index in [-0.39, 0.29) is 5.84 Å². The minimum absolute atomic E-state index is 0.120. The Labute approximate surface area is 119 Å². The van der Waals surface area contributed by atoms with Crippen LogP contribution < -0.4 is 5.73 Å². The molecule has 0 aliphatic carbocycles. The van der Waals surface area contributed by atoms with E-state index in [1.807, 2.05) is 6.92 Å². The van der Waals surface area contributed by atoms with Crippen LogP contribution in [0, 0.1) is 12.7 Å². The van der Waals surface area contributed by atoms with Crippen LogP contribution in [0.3, 0.4) is 0 Å². The number of oxime groups is 1. The van der Waals surface area contributed by atoms with Gasteiger partial charge in [0, 0.05) is 23.7 Å². The van der Waals surface area contributed by atoms with E-state index in [1.165, 1.54) is 23.9 Å². The first-order valence-corrected chi connectivity index (χ1v) is 6.76. The van der Waals surface area contributed by atoms with Gasteiger partial charge in [0.05, 0.1) is 0 Å². The number of hydrogen-bond donors (Lipinski definition) is 2. The normalized spacial score (nSPS) is 11.6. The summed E-state index contributed by atoms with van der Waals surface area (Å²) < 4.78 is 13.2. The molecule has 0 aliphatic rings. The summed E-state index contributed by atoms with van der Waals surface area (Å²) >= 11 is 1.39. The zero-order chi connectivity index (χ0) is 14.5. The fourth-order valence-electron chi connectivity index (χ4n) is 1.56. The molecule has 104 valence electrons. The molecule has 5 nitrogen and oxygen atoms in total. The van der Waals surface area contributed by atoms with Gasteiger partial charge in [0.1, 0.15) is 5.82 Å². The highest BCUT2D eigenvalue weighted by Crippen LogP contribution is 2.22. The fourth-order valence-corrected chi connectivity index (χ4v) is 2.36. The van der Waals surface area contributed by atoms with Crippen LogP contribution >= 0.6 is 11.8 Å². The third-order valence-corrected chi connectivity index (χ3v) is 3.49. The van der Waals surface area contributed by atoms with Crippen molar-refractivity contribution < 1.29 is 9.60 Å². The number of aryl methyl sites for hydroxylation is 1.